The molecule has 0 spiro atoms. The number of pyridine rings is 4. The molecule has 1 radical (unpaired) electrons. The topological polar surface area (TPSA) is 251 Å². The molecule has 0 aliphatic carbocycles. The van der Waals surface area contributed by atoms with Gasteiger partial charge < -0.3 is 34.9 Å². The van der Waals surface area contributed by atoms with Gasteiger partial charge in [0.2, 0.25) is 11.8 Å². The van der Waals surface area contributed by atoms with Gasteiger partial charge in [-0.1, -0.05) is 37.1 Å². The second-order valence-corrected chi connectivity index (χ2v) is 17.4. The Hall–Kier alpha value is -7.38. The molecule has 1 unspecified atom stereocenters. The zero-order valence-electron chi connectivity index (χ0n) is 39.6. The van der Waals surface area contributed by atoms with Gasteiger partial charge in [-0.25, -0.2) is 13.2 Å². The molecule has 0 saturated carbocycles. The Kier molecular flexibility index (Phi) is 23.6. The molecule has 2 aromatic carbocycles. The Morgan fingerprint density at radius 1 is 0.722 bits per heavy atom. The summed E-state index contributed by atoms with van der Waals surface area (Å²) >= 11 is 0. The molecule has 379 valence electrons. The molecule has 0 bridgehead atoms. The van der Waals surface area contributed by atoms with Crippen LogP contribution in [0.15, 0.2) is 134 Å². The summed E-state index contributed by atoms with van der Waals surface area (Å²) in [6.45, 7) is 1.86. The smallest absolute Gasteiger partial charge is 0.333 e. The number of hydrogen-bond acceptors (Lipinski definition) is 14. The number of carbonyl (C=O) groups is 6. The summed E-state index contributed by atoms with van der Waals surface area (Å²) in [7, 11) is -3.38. The Labute approximate surface area is 432 Å². The molecule has 5 heterocycles. The fourth-order valence-corrected chi connectivity index (χ4v) is 7.30. The summed E-state index contributed by atoms with van der Waals surface area (Å²) < 4.78 is 34.5. The number of hydroxylamine groups is 2. The van der Waals surface area contributed by atoms with Crippen LogP contribution in [0.5, 0.6) is 0 Å². The van der Waals surface area contributed by atoms with E-state index in [1.54, 1.807) is 30.7 Å². The molecular weight excluding hydrogens is 1120 g/mol. The average molecular weight is 1170 g/mol. The van der Waals surface area contributed by atoms with E-state index in [0.717, 1.165) is 28.1 Å². The summed E-state index contributed by atoms with van der Waals surface area (Å²) in [5.74, 6) is -4.87. The first kappa shape index (κ1) is 57.2. The molecule has 20 heteroatoms. The van der Waals surface area contributed by atoms with Crippen molar-refractivity contribution < 1.29 is 66.7 Å². The van der Waals surface area contributed by atoms with Crippen LogP contribution in [0.4, 0.5) is 0 Å². The number of carbonyl (C=O) groups excluding carboxylic acids is 6. The van der Waals surface area contributed by atoms with Gasteiger partial charge in [-0.2, -0.15) is 0 Å². The zero-order valence-corrected chi connectivity index (χ0v) is 42.8. The Bertz CT molecular complexity index is 2650. The van der Waals surface area contributed by atoms with Gasteiger partial charge in [0.15, 0.2) is 0 Å². The van der Waals surface area contributed by atoms with Gasteiger partial charge in [-0.15, -0.1) is 76.9 Å². The van der Waals surface area contributed by atoms with Crippen molar-refractivity contribution in [2.45, 2.75) is 64.3 Å². The molecule has 5 amide bonds. The maximum atomic E-state index is 12.9. The standard InChI is InChI=1S/C30H38N6O10S.2C11H8N.Ir/c1-20-11-13-31-22(17-20)23-18-21(12-14-32-23)29(41)34-24(19-47(43,44)45)30(42)33-15-16-35(2)25(37)7-5-3-4-6-8-28(40)46-36-26(38)9-10-27(36)39;2*1-2-6-10(7-3-1)11-8-4-5-9-12-11;/h11-14,17-18,24H,3-10,15-16,19H2,1-2H3,(H,33,42)(H,34,41)(H,43,44,45);2*1-6,8-9H;/q;2*-1;/p-1. The van der Waals surface area contributed by atoms with Crippen LogP contribution >= 0.6 is 0 Å². The minimum Gasteiger partial charge on any atom is -0.748 e. The van der Waals surface area contributed by atoms with E-state index in [0.29, 0.717) is 42.1 Å². The number of benzene rings is 2. The van der Waals surface area contributed by atoms with Crippen molar-refractivity contribution in [1.82, 2.24) is 40.5 Å². The van der Waals surface area contributed by atoms with Crippen molar-refractivity contribution in [1.29, 1.82) is 0 Å². The molecule has 2 N–H and O–H groups in total. The van der Waals surface area contributed by atoms with E-state index in [9.17, 15) is 41.7 Å². The molecule has 1 atom stereocenters. The van der Waals surface area contributed by atoms with E-state index < -0.39 is 51.5 Å². The predicted octanol–water partition coefficient (Wildman–Crippen LogP) is 5.71. The summed E-state index contributed by atoms with van der Waals surface area (Å²) in [6.07, 6.45) is 9.02. The molecular formula is C52H53IrN8O10S-3. The van der Waals surface area contributed by atoms with Gasteiger partial charge in [-0.3, -0.25) is 33.9 Å². The molecule has 72 heavy (non-hydrogen) atoms. The summed E-state index contributed by atoms with van der Waals surface area (Å²) in [4.78, 5) is 96.0. The average Bonchev–Trinajstić information content (AvgIpc) is 3.70. The third-order valence-corrected chi connectivity index (χ3v) is 11.1. The van der Waals surface area contributed by atoms with Gasteiger partial charge >= 0.3 is 5.97 Å². The van der Waals surface area contributed by atoms with Crippen molar-refractivity contribution in [2.24, 2.45) is 0 Å². The predicted molar refractivity (Wildman–Crippen MR) is 261 cm³/mol. The van der Waals surface area contributed by atoms with E-state index in [2.05, 4.69) is 42.7 Å². The second kappa shape index (κ2) is 29.7. The first-order valence-corrected chi connectivity index (χ1v) is 24.2. The van der Waals surface area contributed by atoms with E-state index in [1.165, 1.54) is 30.3 Å². The molecule has 7 rings (SSSR count). The number of aromatic nitrogens is 4. The van der Waals surface area contributed by atoms with Crippen LogP contribution in [0, 0.1) is 19.1 Å². The number of imide groups is 1. The number of hydrogen-bond donors (Lipinski definition) is 2. The summed E-state index contributed by atoms with van der Waals surface area (Å²) in [5, 5.41) is 5.25. The largest absolute Gasteiger partial charge is 0.748 e. The van der Waals surface area contributed by atoms with Crippen molar-refractivity contribution in [2.75, 3.05) is 25.9 Å². The Balaban J connectivity index is 0.000000359. The van der Waals surface area contributed by atoms with Crippen molar-refractivity contribution in [3.05, 3.63) is 157 Å². The molecule has 18 nitrogen and oxygen atoms in total. The second-order valence-electron chi connectivity index (χ2n) is 15.9. The van der Waals surface area contributed by atoms with Crippen LogP contribution < -0.4 is 10.6 Å². The molecule has 1 fully saturated rings. The van der Waals surface area contributed by atoms with Gasteiger partial charge in [0.25, 0.3) is 17.7 Å². The van der Waals surface area contributed by atoms with Crippen LogP contribution in [0.1, 0.15) is 67.3 Å². The van der Waals surface area contributed by atoms with Crippen LogP contribution in [0.3, 0.4) is 0 Å². The van der Waals surface area contributed by atoms with E-state index in [1.807, 2.05) is 91.9 Å². The third kappa shape index (κ3) is 19.8. The van der Waals surface area contributed by atoms with Crippen molar-refractivity contribution >= 4 is 45.6 Å². The van der Waals surface area contributed by atoms with Gasteiger partial charge in [-0.05, 0) is 73.1 Å². The van der Waals surface area contributed by atoms with E-state index in [-0.39, 0.29) is 70.3 Å². The minimum atomic E-state index is -4.91. The number of likely N-dealkylation sites (N-methyl/N-ethyl adjacent to an activating group) is 1. The van der Waals surface area contributed by atoms with Crippen LogP contribution in [-0.4, -0.2) is 110 Å². The van der Waals surface area contributed by atoms with Gasteiger partial charge in [0.1, 0.15) is 6.04 Å². The Morgan fingerprint density at radius 2 is 1.26 bits per heavy atom. The fraction of sp³-hybridized carbons (Fsp3) is 0.269. The molecule has 4 aromatic heterocycles. The summed E-state index contributed by atoms with van der Waals surface area (Å²) in [5.41, 5.74) is 5.89. The van der Waals surface area contributed by atoms with Crippen molar-refractivity contribution in [3.63, 3.8) is 0 Å². The maximum absolute atomic E-state index is 12.9. The number of amides is 5. The normalized spacial score (nSPS) is 12.1. The Morgan fingerprint density at radius 3 is 1.79 bits per heavy atom. The number of nitrogens with one attached hydrogen (secondary N) is 2. The van der Waals surface area contributed by atoms with Crippen LogP contribution in [0.25, 0.3) is 33.9 Å². The zero-order chi connectivity index (χ0) is 51.0. The van der Waals surface area contributed by atoms with Gasteiger partial charge in [0, 0.05) is 96.3 Å². The fourth-order valence-electron chi connectivity index (χ4n) is 6.66. The van der Waals surface area contributed by atoms with E-state index >= 15 is 0 Å². The monoisotopic (exact) mass is 1170 g/mol. The number of unbranched alkanes of at least 4 members (excludes halogenated alkanes) is 3. The first-order chi connectivity index (χ1) is 34.2. The number of rotatable bonds is 19. The summed E-state index contributed by atoms with van der Waals surface area (Å²) in [6, 6.07) is 38.3. The first-order valence-electron chi connectivity index (χ1n) is 22.6. The van der Waals surface area contributed by atoms with Crippen LogP contribution in [0.2, 0.25) is 0 Å². The van der Waals surface area contributed by atoms with E-state index in [4.69, 9.17) is 4.84 Å². The molecule has 1 aliphatic heterocycles. The minimum absolute atomic E-state index is 0. The van der Waals surface area contributed by atoms with Crippen molar-refractivity contribution in [3.8, 4) is 33.9 Å². The number of aryl methyl sites for hydroxylation is 1. The molecule has 1 saturated heterocycles. The molecule has 1 aliphatic rings. The quantitative estimate of drug-likeness (QED) is 0.0427. The third-order valence-electron chi connectivity index (χ3n) is 10.4. The van der Waals surface area contributed by atoms with Gasteiger partial charge in [0.05, 0.1) is 27.3 Å². The van der Waals surface area contributed by atoms with Crippen LogP contribution in [-0.2, 0) is 59.0 Å². The SMILES string of the molecule is Cc1ccnc(-c2cc(C(=O)NC(CS(=O)(=O)[O-])C(=O)NCCN(C)C(=O)CCCCCCC(=O)ON3C(=O)CCC3=O)ccn2)c1.[Ir].[c-]1ccccc1-c1ccccn1.[c-]1ccccc1-c1ccccn1. The molecule has 6 aromatic rings. The number of nitrogens with zero attached hydrogens (tertiary/aromatic N) is 6. The maximum Gasteiger partial charge on any atom is 0.333 e.